The summed E-state index contributed by atoms with van der Waals surface area (Å²) in [6.45, 7) is 3.74. The highest BCUT2D eigenvalue weighted by atomic mass is 16.6. The lowest BCUT2D eigenvalue weighted by molar-refractivity contribution is -0.145. The summed E-state index contributed by atoms with van der Waals surface area (Å²) in [7, 11) is 0. The molecule has 2 heterocycles. The Bertz CT molecular complexity index is 893. The third-order valence-corrected chi connectivity index (χ3v) is 4.00. The number of carbonyl (C=O) groups excluding carboxylic acids is 1. The van der Waals surface area contributed by atoms with E-state index in [1.54, 1.807) is 19.1 Å². The Hall–Kier alpha value is -3.47. The number of nitriles is 1. The van der Waals surface area contributed by atoms with Crippen molar-refractivity contribution in [3.63, 3.8) is 0 Å². The van der Waals surface area contributed by atoms with Crippen LogP contribution in [0.3, 0.4) is 0 Å². The molecule has 0 saturated heterocycles. The number of aromatic nitrogens is 2. The minimum absolute atomic E-state index is 0.0409. The zero-order valence-corrected chi connectivity index (χ0v) is 14.4. The second-order valence-electron chi connectivity index (χ2n) is 5.65. The van der Waals surface area contributed by atoms with Crippen LogP contribution < -0.4 is 15.2 Å². The summed E-state index contributed by atoms with van der Waals surface area (Å²) in [4.78, 5) is 11.4. The maximum Gasteiger partial charge on any atom is 0.344 e. The SMILES string of the molecule is CCOC(=O)COc1ccc([C@H]2C(C#N)=C(N)Oc3n[nH]c(C)c32)cc1. The molecule has 0 amide bonds. The molecule has 1 aliphatic heterocycles. The first-order chi connectivity index (χ1) is 12.5. The van der Waals surface area contributed by atoms with Crippen molar-refractivity contribution >= 4 is 5.97 Å². The molecule has 3 N–H and O–H groups in total. The van der Waals surface area contributed by atoms with Gasteiger partial charge in [0.05, 0.1) is 12.5 Å². The predicted molar refractivity (Wildman–Crippen MR) is 91.2 cm³/mol. The van der Waals surface area contributed by atoms with E-state index in [0.29, 0.717) is 23.8 Å². The zero-order valence-electron chi connectivity index (χ0n) is 14.4. The third kappa shape index (κ3) is 3.19. The van der Waals surface area contributed by atoms with Gasteiger partial charge in [0.2, 0.25) is 11.8 Å². The summed E-state index contributed by atoms with van der Waals surface area (Å²) in [5, 5.41) is 16.5. The van der Waals surface area contributed by atoms with Crippen molar-refractivity contribution in [1.29, 1.82) is 5.26 Å². The van der Waals surface area contributed by atoms with Crippen molar-refractivity contribution in [2.45, 2.75) is 19.8 Å². The topological polar surface area (TPSA) is 123 Å². The molecule has 1 aromatic heterocycles. The van der Waals surface area contributed by atoms with Crippen molar-refractivity contribution in [2.24, 2.45) is 5.73 Å². The number of aryl methyl sites for hydroxylation is 1. The van der Waals surface area contributed by atoms with E-state index in [0.717, 1.165) is 16.8 Å². The Balaban J connectivity index is 1.87. The molecular weight excluding hydrogens is 336 g/mol. The van der Waals surface area contributed by atoms with Crippen molar-refractivity contribution in [2.75, 3.05) is 13.2 Å². The van der Waals surface area contributed by atoms with E-state index in [1.165, 1.54) is 0 Å². The number of benzene rings is 1. The third-order valence-electron chi connectivity index (χ3n) is 4.00. The van der Waals surface area contributed by atoms with Crippen LogP contribution in [-0.2, 0) is 9.53 Å². The maximum absolute atomic E-state index is 11.4. The largest absolute Gasteiger partial charge is 0.482 e. The number of nitrogens with one attached hydrogen (secondary N) is 1. The van der Waals surface area contributed by atoms with Crippen molar-refractivity contribution < 1.29 is 19.0 Å². The number of hydrogen-bond donors (Lipinski definition) is 2. The van der Waals surface area contributed by atoms with Gasteiger partial charge in [-0.05, 0) is 31.5 Å². The van der Waals surface area contributed by atoms with E-state index in [2.05, 4.69) is 16.3 Å². The highest BCUT2D eigenvalue weighted by Gasteiger charge is 2.34. The van der Waals surface area contributed by atoms with E-state index in [4.69, 9.17) is 19.9 Å². The quantitative estimate of drug-likeness (QED) is 0.786. The number of aromatic amines is 1. The van der Waals surface area contributed by atoms with E-state index < -0.39 is 5.97 Å². The summed E-state index contributed by atoms with van der Waals surface area (Å²) in [6.07, 6.45) is 0. The van der Waals surface area contributed by atoms with Gasteiger partial charge < -0.3 is 19.9 Å². The van der Waals surface area contributed by atoms with Gasteiger partial charge in [-0.25, -0.2) is 4.79 Å². The molecule has 0 fully saturated rings. The zero-order chi connectivity index (χ0) is 18.7. The van der Waals surface area contributed by atoms with Gasteiger partial charge in [0.25, 0.3) is 0 Å². The molecule has 1 aliphatic rings. The highest BCUT2D eigenvalue weighted by Crippen LogP contribution is 2.42. The van der Waals surface area contributed by atoms with Crippen LogP contribution in [0.15, 0.2) is 35.7 Å². The second-order valence-corrected chi connectivity index (χ2v) is 5.65. The van der Waals surface area contributed by atoms with Gasteiger partial charge in [0.15, 0.2) is 6.61 Å². The number of nitrogens with zero attached hydrogens (tertiary/aromatic N) is 2. The van der Waals surface area contributed by atoms with Crippen LogP contribution in [0.1, 0.15) is 29.7 Å². The maximum atomic E-state index is 11.4. The Morgan fingerprint density at radius 3 is 2.81 bits per heavy atom. The van der Waals surface area contributed by atoms with Crippen molar-refractivity contribution in [3.05, 3.63) is 52.5 Å². The van der Waals surface area contributed by atoms with Gasteiger partial charge in [0, 0.05) is 11.3 Å². The molecule has 134 valence electrons. The molecule has 1 aromatic carbocycles. The summed E-state index contributed by atoms with van der Waals surface area (Å²) in [5.41, 5.74) is 8.62. The molecule has 0 bridgehead atoms. The summed E-state index contributed by atoms with van der Waals surface area (Å²) >= 11 is 0. The smallest absolute Gasteiger partial charge is 0.344 e. The van der Waals surface area contributed by atoms with E-state index in [9.17, 15) is 10.1 Å². The van der Waals surface area contributed by atoms with Crippen LogP contribution in [0, 0.1) is 18.3 Å². The molecule has 26 heavy (non-hydrogen) atoms. The standard InChI is InChI=1S/C18H18N4O4/c1-3-24-14(23)9-25-12-6-4-11(5-7-12)16-13(8-19)17(20)26-18-15(16)10(2)21-22-18/h4-7,16H,3,9,20H2,1-2H3,(H,21,22)/t16-/m0/s1. The fraction of sp³-hybridized carbons (Fsp3) is 0.278. The minimum atomic E-state index is -0.429. The van der Waals surface area contributed by atoms with Gasteiger partial charge >= 0.3 is 5.97 Å². The van der Waals surface area contributed by atoms with Gasteiger partial charge in [0.1, 0.15) is 17.4 Å². The molecule has 8 heteroatoms. The molecule has 0 radical (unpaired) electrons. The lowest BCUT2D eigenvalue weighted by atomic mass is 9.84. The van der Waals surface area contributed by atoms with Gasteiger partial charge in [-0.15, -0.1) is 5.10 Å². The number of fused-ring (bicyclic) bond motifs is 1. The highest BCUT2D eigenvalue weighted by molar-refractivity contribution is 5.71. The van der Waals surface area contributed by atoms with Crippen LogP contribution in [0.5, 0.6) is 11.6 Å². The van der Waals surface area contributed by atoms with Crippen molar-refractivity contribution in [3.8, 4) is 17.7 Å². The van der Waals surface area contributed by atoms with E-state index in [1.807, 2.05) is 19.1 Å². The monoisotopic (exact) mass is 354 g/mol. The second kappa shape index (κ2) is 7.19. The molecule has 0 aliphatic carbocycles. The van der Waals surface area contributed by atoms with E-state index >= 15 is 0 Å². The number of hydrogen-bond acceptors (Lipinski definition) is 7. The fourth-order valence-electron chi connectivity index (χ4n) is 2.83. The molecule has 2 aromatic rings. The summed E-state index contributed by atoms with van der Waals surface area (Å²) < 4.78 is 15.7. The lowest BCUT2D eigenvalue weighted by Crippen LogP contribution is -2.21. The molecule has 0 saturated carbocycles. The van der Waals surface area contributed by atoms with Crippen LogP contribution in [0.25, 0.3) is 0 Å². The molecule has 0 spiro atoms. The lowest BCUT2D eigenvalue weighted by Gasteiger charge is -2.23. The Labute approximate surface area is 150 Å². The minimum Gasteiger partial charge on any atom is -0.482 e. The fourth-order valence-corrected chi connectivity index (χ4v) is 2.83. The normalized spacial score (nSPS) is 15.7. The number of carbonyl (C=O) groups is 1. The van der Waals surface area contributed by atoms with Crippen LogP contribution in [0.4, 0.5) is 0 Å². The van der Waals surface area contributed by atoms with Crippen LogP contribution >= 0.6 is 0 Å². The number of H-pyrrole nitrogens is 1. The summed E-state index contributed by atoms with van der Waals surface area (Å²) in [5.74, 6) is 0.114. The summed E-state index contributed by atoms with van der Waals surface area (Å²) in [6, 6.07) is 9.21. The number of nitrogens with two attached hydrogens (primary N) is 1. The molecule has 0 unspecified atom stereocenters. The Kier molecular flexibility index (Phi) is 4.80. The van der Waals surface area contributed by atoms with Crippen LogP contribution in [0.2, 0.25) is 0 Å². The van der Waals surface area contributed by atoms with Crippen molar-refractivity contribution in [1.82, 2.24) is 10.2 Å². The van der Waals surface area contributed by atoms with Gasteiger partial charge in [-0.2, -0.15) is 5.26 Å². The van der Waals surface area contributed by atoms with Crippen LogP contribution in [-0.4, -0.2) is 29.4 Å². The number of allylic oxidation sites excluding steroid dienone is 1. The number of ether oxygens (including phenoxy) is 3. The average Bonchev–Trinajstić information content (AvgIpc) is 3.00. The first kappa shape index (κ1) is 17.4. The first-order valence-corrected chi connectivity index (χ1v) is 8.06. The molecule has 1 atom stereocenters. The Morgan fingerprint density at radius 1 is 1.42 bits per heavy atom. The van der Waals surface area contributed by atoms with Gasteiger partial charge in [-0.1, -0.05) is 12.1 Å². The molecular formula is C18H18N4O4. The van der Waals surface area contributed by atoms with Gasteiger partial charge in [-0.3, -0.25) is 5.10 Å². The molecule has 3 rings (SSSR count). The average molecular weight is 354 g/mol. The molecule has 8 nitrogen and oxygen atoms in total. The van der Waals surface area contributed by atoms with E-state index in [-0.39, 0.29) is 18.4 Å². The number of esters is 1. The first-order valence-electron chi connectivity index (χ1n) is 8.06. The predicted octanol–water partition coefficient (Wildman–Crippen LogP) is 1.88. The Morgan fingerprint density at radius 2 is 2.15 bits per heavy atom. The number of rotatable bonds is 5.